The number of rotatable bonds is 11. The van der Waals surface area contributed by atoms with Crippen LogP contribution in [0.4, 0.5) is 74.6 Å². The van der Waals surface area contributed by atoms with Crippen molar-refractivity contribution in [1.29, 1.82) is 0 Å². The Kier molecular flexibility index (Phi) is 9.03. The number of Topliss-reactive ketones (excluding diaryl/α,β-unsaturated/α-hetero) is 1. The maximum Gasteiger partial charge on any atom is 0.485 e. The van der Waals surface area contributed by atoms with E-state index in [2.05, 4.69) is 0 Å². The standard InChI is InChI=1S/C26H14F17OS/c27-19(28,21(31,32)23(35,36)25(39,40)41)20(29,30)22(33,34)24(37,38)26(42,43)45(17-8-2-1-3-9-17)13-18(44)16-11-10-14-6-4-5-7-15(14)12-16/h1-12H,13H2/q+1. The molecule has 0 bridgehead atoms. The molecule has 1 unspecified atom stereocenters. The topological polar surface area (TPSA) is 17.1 Å². The highest BCUT2D eigenvalue weighted by Crippen LogP contribution is 2.64. The molecule has 0 aliphatic heterocycles. The zero-order valence-electron chi connectivity index (χ0n) is 21.4. The second-order valence-corrected chi connectivity index (χ2v) is 11.3. The van der Waals surface area contributed by atoms with Crippen molar-refractivity contribution in [1.82, 2.24) is 0 Å². The zero-order chi connectivity index (χ0) is 34.7. The first kappa shape index (κ1) is 36.2. The summed E-state index contributed by atoms with van der Waals surface area (Å²) in [6.45, 7) is 0. The Hall–Kier alpha value is -3.25. The second-order valence-electron chi connectivity index (χ2n) is 9.29. The fourth-order valence-corrected chi connectivity index (χ4v) is 5.78. The van der Waals surface area contributed by atoms with Crippen LogP contribution >= 0.6 is 0 Å². The van der Waals surface area contributed by atoms with E-state index in [1.807, 2.05) is 0 Å². The number of hydrogen-bond acceptors (Lipinski definition) is 1. The van der Waals surface area contributed by atoms with E-state index in [0.29, 0.717) is 17.5 Å². The Morgan fingerprint density at radius 1 is 0.489 bits per heavy atom. The van der Waals surface area contributed by atoms with Gasteiger partial charge in [-0.05, 0) is 29.0 Å². The minimum atomic E-state index is -8.73. The quantitative estimate of drug-likeness (QED) is 0.111. The lowest BCUT2D eigenvalue weighted by Crippen LogP contribution is -2.75. The van der Waals surface area contributed by atoms with E-state index in [9.17, 15) is 70.7 Å². The number of carbonyl (C=O) groups excluding carboxylic acids is 1. The van der Waals surface area contributed by atoms with E-state index >= 15 is 8.78 Å². The van der Waals surface area contributed by atoms with Crippen molar-refractivity contribution in [2.75, 3.05) is 5.75 Å². The number of halogens is 17. The lowest BCUT2D eigenvalue weighted by Gasteiger charge is -2.42. The summed E-state index contributed by atoms with van der Waals surface area (Å²) in [7, 11) is -4.00. The second kappa shape index (κ2) is 11.2. The Labute approximate surface area is 243 Å². The molecule has 3 aromatic rings. The maximum atomic E-state index is 15.4. The van der Waals surface area contributed by atoms with Gasteiger partial charge in [0, 0.05) is 5.56 Å². The van der Waals surface area contributed by atoms with E-state index in [0.717, 1.165) is 30.3 Å². The summed E-state index contributed by atoms with van der Waals surface area (Å²) in [6, 6.07) is 12.8. The van der Waals surface area contributed by atoms with Crippen molar-refractivity contribution in [3.63, 3.8) is 0 Å². The monoisotopic (exact) mass is 697 g/mol. The molecule has 0 aliphatic rings. The van der Waals surface area contributed by atoms with Crippen molar-refractivity contribution in [3.05, 3.63) is 78.4 Å². The molecule has 19 heteroatoms. The van der Waals surface area contributed by atoms with Gasteiger partial charge in [0.1, 0.15) is 10.9 Å². The molecule has 0 radical (unpaired) electrons. The van der Waals surface area contributed by atoms with Crippen LogP contribution < -0.4 is 0 Å². The molecular weight excluding hydrogens is 683 g/mol. The van der Waals surface area contributed by atoms with Crippen molar-refractivity contribution >= 4 is 27.5 Å². The SMILES string of the molecule is O=C(C[S+](c1ccccc1)C(F)(F)C(F)(F)C(F)(F)C(F)(F)C(F)(F)C(F)(F)C(F)(F)C(F)(F)F)c1ccc2ccccc2c1. The van der Waals surface area contributed by atoms with E-state index in [1.165, 1.54) is 24.3 Å². The van der Waals surface area contributed by atoms with E-state index in [1.54, 1.807) is 6.07 Å². The van der Waals surface area contributed by atoms with Gasteiger partial charge in [-0.3, -0.25) is 4.79 Å². The van der Waals surface area contributed by atoms with Crippen molar-refractivity contribution in [2.45, 2.75) is 51.9 Å². The predicted octanol–water partition coefficient (Wildman–Crippen LogP) is 9.67. The van der Waals surface area contributed by atoms with Gasteiger partial charge in [-0.25, -0.2) is 0 Å². The third kappa shape index (κ3) is 5.47. The summed E-state index contributed by atoms with van der Waals surface area (Å²) in [5.74, 6) is -54.0. The van der Waals surface area contributed by atoms with Gasteiger partial charge < -0.3 is 0 Å². The Bertz CT molecular complexity index is 1530. The smallest absolute Gasteiger partial charge is 0.289 e. The molecule has 0 spiro atoms. The molecule has 1 nitrogen and oxygen atoms in total. The van der Waals surface area contributed by atoms with Gasteiger partial charge in [-0.15, -0.1) is 8.78 Å². The molecule has 1 atom stereocenters. The Morgan fingerprint density at radius 2 is 0.911 bits per heavy atom. The first-order valence-corrected chi connectivity index (χ1v) is 13.1. The molecule has 0 saturated heterocycles. The number of carbonyl (C=O) groups is 1. The zero-order valence-corrected chi connectivity index (χ0v) is 22.2. The number of benzene rings is 3. The summed E-state index contributed by atoms with van der Waals surface area (Å²) in [4.78, 5) is 11.7. The van der Waals surface area contributed by atoms with Gasteiger partial charge in [0.15, 0.2) is 10.6 Å². The third-order valence-corrected chi connectivity index (χ3v) is 8.64. The van der Waals surface area contributed by atoms with Crippen LogP contribution in [0.1, 0.15) is 10.4 Å². The van der Waals surface area contributed by atoms with Crippen LogP contribution in [0.3, 0.4) is 0 Å². The molecule has 3 aromatic carbocycles. The molecule has 45 heavy (non-hydrogen) atoms. The molecule has 0 amide bonds. The largest absolute Gasteiger partial charge is 0.485 e. The van der Waals surface area contributed by atoms with Crippen LogP contribution in [0, 0.1) is 0 Å². The minimum Gasteiger partial charge on any atom is -0.289 e. The fraction of sp³-hybridized carbons (Fsp3) is 0.346. The highest BCUT2D eigenvalue weighted by atomic mass is 32.2. The van der Waals surface area contributed by atoms with Gasteiger partial charge in [0.05, 0.1) is 0 Å². The molecule has 0 N–H and O–H groups in total. The van der Waals surface area contributed by atoms with Crippen molar-refractivity contribution in [2.24, 2.45) is 0 Å². The molecule has 0 aliphatic carbocycles. The normalized spacial score (nSPS) is 15.3. The summed E-state index contributed by atoms with van der Waals surface area (Å²) in [5, 5.41) is -6.01. The Balaban J connectivity index is 2.14. The summed E-state index contributed by atoms with van der Waals surface area (Å²) >= 11 is 0. The first-order chi connectivity index (χ1) is 20.2. The highest BCUT2D eigenvalue weighted by Gasteiger charge is 2.97. The van der Waals surface area contributed by atoms with Gasteiger partial charge in [0.2, 0.25) is 5.78 Å². The highest BCUT2D eigenvalue weighted by molar-refractivity contribution is 7.98. The number of hydrogen-bond donors (Lipinski definition) is 0. The Morgan fingerprint density at radius 3 is 1.40 bits per heavy atom. The fourth-order valence-electron chi connectivity index (χ4n) is 3.79. The number of fused-ring (bicyclic) bond motifs is 1. The third-order valence-electron chi connectivity index (χ3n) is 6.38. The van der Waals surface area contributed by atoms with E-state index in [-0.39, 0.29) is 5.39 Å². The van der Waals surface area contributed by atoms with Crippen LogP contribution in [-0.4, -0.2) is 58.5 Å². The average Bonchev–Trinajstić information content (AvgIpc) is 2.94. The van der Waals surface area contributed by atoms with Gasteiger partial charge in [-0.2, -0.15) is 65.9 Å². The first-order valence-electron chi connectivity index (χ1n) is 11.7. The van der Waals surface area contributed by atoms with Crippen LogP contribution in [-0.2, 0) is 10.9 Å². The van der Waals surface area contributed by atoms with Crippen LogP contribution in [0.2, 0.25) is 0 Å². The minimum absolute atomic E-state index is 0.269. The lowest BCUT2D eigenvalue weighted by atomic mass is 9.91. The van der Waals surface area contributed by atoms with Gasteiger partial charge >= 0.3 is 47.0 Å². The maximum absolute atomic E-state index is 15.4. The summed E-state index contributed by atoms with van der Waals surface area (Å²) in [6.07, 6.45) is -7.83. The molecule has 0 aromatic heterocycles. The molecule has 0 saturated carbocycles. The van der Waals surface area contributed by atoms with Crippen LogP contribution in [0.25, 0.3) is 10.8 Å². The summed E-state index contributed by atoms with van der Waals surface area (Å²) < 4.78 is 236. The van der Waals surface area contributed by atoms with E-state index < -0.39 is 79.9 Å². The number of ketones is 1. The van der Waals surface area contributed by atoms with E-state index in [4.69, 9.17) is 0 Å². The molecule has 3 rings (SSSR count). The molecule has 248 valence electrons. The summed E-state index contributed by atoms with van der Waals surface area (Å²) in [5.41, 5.74) is -0.515. The van der Waals surface area contributed by atoms with Crippen molar-refractivity contribution < 1.29 is 79.4 Å². The average molecular weight is 697 g/mol. The van der Waals surface area contributed by atoms with Crippen LogP contribution in [0.15, 0.2) is 77.7 Å². The predicted molar refractivity (Wildman–Crippen MR) is 126 cm³/mol. The molecule has 0 heterocycles. The molecule has 0 fully saturated rings. The lowest BCUT2D eigenvalue weighted by molar-refractivity contribution is -0.458. The van der Waals surface area contributed by atoms with Crippen LogP contribution in [0.5, 0.6) is 0 Å². The number of alkyl halides is 17. The van der Waals surface area contributed by atoms with Gasteiger partial charge in [-0.1, -0.05) is 54.6 Å². The molecular formula is C26H14F17OS+. The van der Waals surface area contributed by atoms with Crippen molar-refractivity contribution in [3.8, 4) is 0 Å². The van der Waals surface area contributed by atoms with Gasteiger partial charge in [0.25, 0.3) is 0 Å².